The van der Waals surface area contributed by atoms with Crippen LogP contribution < -0.4 is 0 Å². The van der Waals surface area contributed by atoms with Gasteiger partial charge in [0.1, 0.15) is 0 Å². The maximum Gasteiger partial charge on any atom is 0.0604 e. The molecule has 25 heavy (non-hydrogen) atoms. The van der Waals surface area contributed by atoms with E-state index in [1.54, 1.807) is 0 Å². The molecule has 1 spiro atoms. The van der Waals surface area contributed by atoms with Crippen LogP contribution in [0.15, 0.2) is 0 Å². The van der Waals surface area contributed by atoms with Crippen LogP contribution in [-0.4, -0.2) is 24.4 Å². The SMILES string of the molecule is COC1CCC[C@]23CCC4C(CC[C@H]5C[C@H](O)CC[C@]45C)C2CCC13. The van der Waals surface area contributed by atoms with E-state index >= 15 is 0 Å². The summed E-state index contributed by atoms with van der Waals surface area (Å²) < 4.78 is 5.97. The molecule has 142 valence electrons. The Kier molecular flexibility index (Phi) is 4.06. The van der Waals surface area contributed by atoms with Gasteiger partial charge in [-0.3, -0.25) is 0 Å². The number of hydrogen-bond acceptors (Lipinski definition) is 2. The predicted octanol–water partition coefficient (Wildman–Crippen LogP) is 5.19. The molecule has 5 unspecified atom stereocenters. The summed E-state index contributed by atoms with van der Waals surface area (Å²) >= 11 is 0. The summed E-state index contributed by atoms with van der Waals surface area (Å²) in [6.45, 7) is 2.61. The second kappa shape index (κ2) is 5.96. The number of methoxy groups -OCH3 is 1. The molecule has 0 heterocycles. The molecule has 1 N–H and O–H groups in total. The predicted molar refractivity (Wildman–Crippen MR) is 100 cm³/mol. The molecule has 0 aromatic heterocycles. The Hall–Kier alpha value is -0.0800. The van der Waals surface area contributed by atoms with E-state index in [0.29, 0.717) is 16.9 Å². The van der Waals surface area contributed by atoms with E-state index in [4.69, 9.17) is 4.74 Å². The lowest BCUT2D eigenvalue weighted by Gasteiger charge is -2.62. The third kappa shape index (κ3) is 2.29. The molecule has 5 rings (SSSR count). The number of ether oxygens (including phenoxy) is 1. The van der Waals surface area contributed by atoms with Gasteiger partial charge in [0.05, 0.1) is 12.2 Å². The van der Waals surface area contributed by atoms with E-state index < -0.39 is 0 Å². The van der Waals surface area contributed by atoms with E-state index in [0.717, 1.165) is 42.4 Å². The van der Waals surface area contributed by atoms with Gasteiger partial charge >= 0.3 is 0 Å². The lowest BCUT2D eigenvalue weighted by Crippen LogP contribution is -2.56. The average molecular weight is 347 g/mol. The molecule has 0 bridgehead atoms. The fraction of sp³-hybridized carbons (Fsp3) is 1.00. The fourth-order valence-corrected chi connectivity index (χ4v) is 9.25. The molecular weight excluding hydrogens is 308 g/mol. The zero-order valence-corrected chi connectivity index (χ0v) is 16.4. The number of aliphatic hydroxyl groups excluding tert-OH is 1. The molecule has 0 amide bonds. The second-order valence-electron chi connectivity index (χ2n) is 10.7. The first-order valence-corrected chi connectivity index (χ1v) is 11.3. The first-order valence-electron chi connectivity index (χ1n) is 11.3. The van der Waals surface area contributed by atoms with E-state index in [1.165, 1.54) is 64.2 Å². The highest BCUT2D eigenvalue weighted by Gasteiger charge is 2.63. The second-order valence-corrected chi connectivity index (χ2v) is 10.7. The molecule has 9 atom stereocenters. The first kappa shape index (κ1) is 17.0. The van der Waals surface area contributed by atoms with Gasteiger partial charge in [0, 0.05) is 7.11 Å². The first-order chi connectivity index (χ1) is 12.1. The van der Waals surface area contributed by atoms with Crippen LogP contribution in [0.1, 0.15) is 84.0 Å². The zero-order chi connectivity index (χ0) is 17.2. The van der Waals surface area contributed by atoms with Crippen molar-refractivity contribution < 1.29 is 9.84 Å². The van der Waals surface area contributed by atoms with Crippen LogP contribution in [0.2, 0.25) is 0 Å². The van der Waals surface area contributed by atoms with Crippen molar-refractivity contribution in [2.45, 2.75) is 96.2 Å². The molecule has 5 fully saturated rings. The third-order valence-electron chi connectivity index (χ3n) is 10.3. The molecule has 5 aliphatic rings. The van der Waals surface area contributed by atoms with Gasteiger partial charge in [-0.1, -0.05) is 13.3 Å². The Morgan fingerprint density at radius 1 is 0.840 bits per heavy atom. The highest BCUT2D eigenvalue weighted by molar-refractivity contribution is 5.12. The van der Waals surface area contributed by atoms with Crippen LogP contribution >= 0.6 is 0 Å². The van der Waals surface area contributed by atoms with Crippen LogP contribution in [0.25, 0.3) is 0 Å². The summed E-state index contributed by atoms with van der Waals surface area (Å²) in [5.41, 5.74) is 1.16. The third-order valence-corrected chi connectivity index (χ3v) is 10.3. The topological polar surface area (TPSA) is 29.5 Å². The molecule has 5 aliphatic carbocycles. The lowest BCUT2D eigenvalue weighted by molar-refractivity contribution is -0.150. The van der Waals surface area contributed by atoms with Crippen LogP contribution in [0.5, 0.6) is 0 Å². The summed E-state index contributed by atoms with van der Waals surface area (Å²) in [4.78, 5) is 0. The molecule has 0 radical (unpaired) electrons. The van der Waals surface area contributed by atoms with Crippen LogP contribution in [0.3, 0.4) is 0 Å². The van der Waals surface area contributed by atoms with Crippen molar-refractivity contribution in [2.24, 2.45) is 40.4 Å². The maximum absolute atomic E-state index is 10.2. The van der Waals surface area contributed by atoms with Crippen LogP contribution in [0, 0.1) is 40.4 Å². The molecule has 2 heteroatoms. The number of rotatable bonds is 1. The zero-order valence-electron chi connectivity index (χ0n) is 16.4. The van der Waals surface area contributed by atoms with Crippen molar-refractivity contribution in [3.63, 3.8) is 0 Å². The number of aliphatic hydroxyl groups is 1. The van der Waals surface area contributed by atoms with E-state index in [9.17, 15) is 5.11 Å². The summed E-state index contributed by atoms with van der Waals surface area (Å²) in [5, 5.41) is 10.2. The smallest absolute Gasteiger partial charge is 0.0604 e. The fourth-order valence-electron chi connectivity index (χ4n) is 9.25. The normalized spacial score (nSPS) is 58.0. The highest BCUT2D eigenvalue weighted by atomic mass is 16.5. The van der Waals surface area contributed by atoms with Crippen LogP contribution in [0.4, 0.5) is 0 Å². The highest BCUT2D eigenvalue weighted by Crippen LogP contribution is 2.70. The van der Waals surface area contributed by atoms with Crippen molar-refractivity contribution in [1.29, 1.82) is 0 Å². The summed E-state index contributed by atoms with van der Waals surface area (Å²) in [6.07, 6.45) is 16.9. The molecule has 5 saturated carbocycles. The van der Waals surface area contributed by atoms with Crippen molar-refractivity contribution in [3.05, 3.63) is 0 Å². The van der Waals surface area contributed by atoms with Gasteiger partial charge in [0.25, 0.3) is 0 Å². The Labute approximate surface area is 154 Å². The number of fused-ring (bicyclic) bond motifs is 4. The Bertz CT molecular complexity index is 518. The average Bonchev–Trinajstić information content (AvgIpc) is 3.02. The van der Waals surface area contributed by atoms with Crippen molar-refractivity contribution >= 4 is 0 Å². The van der Waals surface area contributed by atoms with Gasteiger partial charge in [0.15, 0.2) is 0 Å². The molecular formula is C23H38O2. The Balaban J connectivity index is 1.44. The van der Waals surface area contributed by atoms with Gasteiger partial charge in [-0.2, -0.15) is 0 Å². The van der Waals surface area contributed by atoms with Crippen molar-refractivity contribution in [3.8, 4) is 0 Å². The molecule has 2 nitrogen and oxygen atoms in total. The summed E-state index contributed by atoms with van der Waals surface area (Å²) in [5.74, 6) is 4.55. The Morgan fingerprint density at radius 2 is 1.68 bits per heavy atom. The van der Waals surface area contributed by atoms with Crippen molar-refractivity contribution in [1.82, 2.24) is 0 Å². The van der Waals surface area contributed by atoms with E-state index in [2.05, 4.69) is 6.92 Å². The van der Waals surface area contributed by atoms with Gasteiger partial charge in [-0.25, -0.2) is 0 Å². The summed E-state index contributed by atoms with van der Waals surface area (Å²) in [6, 6.07) is 0. The lowest BCUT2D eigenvalue weighted by atomic mass is 9.43. The van der Waals surface area contributed by atoms with Gasteiger partial charge in [0.2, 0.25) is 0 Å². The minimum atomic E-state index is -0.0128. The Morgan fingerprint density at radius 3 is 2.52 bits per heavy atom. The van der Waals surface area contributed by atoms with Gasteiger partial charge in [-0.15, -0.1) is 0 Å². The molecule has 0 aromatic rings. The van der Waals surface area contributed by atoms with Crippen molar-refractivity contribution in [2.75, 3.05) is 7.11 Å². The quantitative estimate of drug-likeness (QED) is 0.708. The monoisotopic (exact) mass is 346 g/mol. The van der Waals surface area contributed by atoms with E-state index in [1.807, 2.05) is 7.11 Å². The molecule has 0 aromatic carbocycles. The standard InChI is InChI=1S/C23H38O2/c1-22-12-9-16(24)14-15(22)5-6-17-18(22)10-13-23-11-3-4-21(25-2)20(23)8-7-19(17)23/h15-21,24H,3-14H2,1-2H3/t15-,16+,17?,18?,19?,20?,21?,22-,23-/m0/s1. The van der Waals surface area contributed by atoms with E-state index in [-0.39, 0.29) is 6.10 Å². The van der Waals surface area contributed by atoms with Crippen LogP contribution in [-0.2, 0) is 4.74 Å². The minimum absolute atomic E-state index is 0.0128. The number of hydrogen-bond donors (Lipinski definition) is 1. The minimum Gasteiger partial charge on any atom is -0.393 e. The maximum atomic E-state index is 10.2. The van der Waals surface area contributed by atoms with Gasteiger partial charge < -0.3 is 9.84 Å². The largest absolute Gasteiger partial charge is 0.393 e. The molecule has 0 saturated heterocycles. The molecule has 0 aliphatic heterocycles. The summed E-state index contributed by atoms with van der Waals surface area (Å²) in [7, 11) is 1.96. The van der Waals surface area contributed by atoms with Gasteiger partial charge in [-0.05, 0) is 111 Å².